The molecular formula is C23H27N3O6S. The van der Waals surface area contributed by atoms with Gasteiger partial charge in [0.1, 0.15) is 11.5 Å². The summed E-state index contributed by atoms with van der Waals surface area (Å²) in [6, 6.07) is 8.53. The average molecular weight is 474 g/mol. The average Bonchev–Trinajstić information content (AvgIpc) is 2.78. The van der Waals surface area contributed by atoms with E-state index in [4.69, 9.17) is 9.47 Å². The van der Waals surface area contributed by atoms with Gasteiger partial charge >= 0.3 is 0 Å². The van der Waals surface area contributed by atoms with E-state index in [2.05, 4.69) is 10.6 Å². The van der Waals surface area contributed by atoms with Gasteiger partial charge in [-0.15, -0.1) is 0 Å². The lowest BCUT2D eigenvalue weighted by Gasteiger charge is -2.32. The van der Waals surface area contributed by atoms with Gasteiger partial charge in [-0.3, -0.25) is 9.59 Å². The molecule has 0 aromatic heterocycles. The van der Waals surface area contributed by atoms with E-state index in [1.807, 2.05) is 19.1 Å². The summed E-state index contributed by atoms with van der Waals surface area (Å²) in [6.45, 7) is 3.83. The van der Waals surface area contributed by atoms with Crippen LogP contribution in [0.25, 0.3) is 0 Å². The first-order valence-electron chi connectivity index (χ1n) is 10.7. The first kappa shape index (κ1) is 23.1. The van der Waals surface area contributed by atoms with Gasteiger partial charge in [-0.05, 0) is 56.0 Å². The molecule has 2 N–H and O–H groups in total. The Morgan fingerprint density at radius 2 is 2.03 bits per heavy atom. The van der Waals surface area contributed by atoms with Crippen LogP contribution in [-0.4, -0.2) is 51.3 Å². The third-order valence-electron chi connectivity index (χ3n) is 5.90. The fraction of sp³-hybridized carbons (Fsp3) is 0.391. The molecule has 2 aromatic rings. The van der Waals surface area contributed by atoms with Crippen LogP contribution in [0.15, 0.2) is 35.2 Å². The predicted octanol–water partition coefficient (Wildman–Crippen LogP) is 2.68. The Kier molecular flexibility index (Phi) is 6.31. The van der Waals surface area contributed by atoms with Crippen molar-refractivity contribution in [3.8, 4) is 11.5 Å². The van der Waals surface area contributed by atoms with Crippen molar-refractivity contribution in [1.29, 1.82) is 0 Å². The van der Waals surface area contributed by atoms with Crippen LogP contribution in [-0.2, 0) is 19.6 Å². The zero-order valence-corrected chi connectivity index (χ0v) is 19.6. The number of fused-ring (bicyclic) bond motifs is 1. The second kappa shape index (κ2) is 9.03. The second-order valence-electron chi connectivity index (χ2n) is 8.35. The quantitative estimate of drug-likeness (QED) is 0.690. The van der Waals surface area contributed by atoms with Gasteiger partial charge in [0, 0.05) is 19.2 Å². The minimum Gasteiger partial charge on any atom is -0.495 e. The van der Waals surface area contributed by atoms with Gasteiger partial charge in [0.2, 0.25) is 15.9 Å². The maximum atomic E-state index is 13.5. The molecule has 2 heterocycles. The number of benzene rings is 2. The molecule has 0 spiro atoms. The highest BCUT2D eigenvalue weighted by Gasteiger charge is 2.35. The van der Waals surface area contributed by atoms with E-state index < -0.39 is 15.9 Å². The molecule has 4 rings (SSSR count). The minimum absolute atomic E-state index is 0.0798. The third-order valence-corrected chi connectivity index (χ3v) is 7.90. The summed E-state index contributed by atoms with van der Waals surface area (Å²) in [7, 11) is -2.33. The van der Waals surface area contributed by atoms with E-state index in [1.165, 1.54) is 17.5 Å². The number of methoxy groups -OCH3 is 1. The highest BCUT2D eigenvalue weighted by Crippen LogP contribution is 2.35. The Morgan fingerprint density at radius 3 is 2.79 bits per heavy atom. The molecule has 33 heavy (non-hydrogen) atoms. The van der Waals surface area contributed by atoms with Gasteiger partial charge < -0.3 is 20.1 Å². The van der Waals surface area contributed by atoms with Gasteiger partial charge in [-0.2, -0.15) is 4.31 Å². The lowest BCUT2D eigenvalue weighted by Crippen LogP contribution is -2.44. The Bertz CT molecular complexity index is 1210. The van der Waals surface area contributed by atoms with Gasteiger partial charge in [-0.1, -0.05) is 6.07 Å². The van der Waals surface area contributed by atoms with Crippen LogP contribution in [0.3, 0.4) is 0 Å². The molecular weight excluding hydrogens is 446 g/mol. The number of amides is 2. The molecule has 1 saturated heterocycles. The topological polar surface area (TPSA) is 114 Å². The number of hydrogen-bond donors (Lipinski definition) is 2. The lowest BCUT2D eigenvalue weighted by atomic mass is 9.98. The van der Waals surface area contributed by atoms with E-state index in [9.17, 15) is 18.0 Å². The van der Waals surface area contributed by atoms with Crippen molar-refractivity contribution >= 4 is 33.2 Å². The normalized spacial score (nSPS) is 18.6. The summed E-state index contributed by atoms with van der Waals surface area (Å²) in [4.78, 5) is 24.7. The molecule has 0 bridgehead atoms. The molecule has 1 atom stereocenters. The zero-order chi connectivity index (χ0) is 23.8. The van der Waals surface area contributed by atoms with Crippen molar-refractivity contribution in [3.63, 3.8) is 0 Å². The summed E-state index contributed by atoms with van der Waals surface area (Å²) in [5.41, 5.74) is 2.48. The van der Waals surface area contributed by atoms with Gasteiger partial charge in [0.15, 0.2) is 6.61 Å². The van der Waals surface area contributed by atoms with Crippen molar-refractivity contribution in [3.05, 3.63) is 41.5 Å². The fourth-order valence-electron chi connectivity index (χ4n) is 4.16. The number of carbonyl (C=O) groups is 2. The number of carbonyl (C=O) groups excluding carboxylic acids is 2. The number of sulfonamides is 1. The molecule has 10 heteroatoms. The van der Waals surface area contributed by atoms with Crippen LogP contribution >= 0.6 is 0 Å². The number of ether oxygens (including phenoxy) is 2. The van der Waals surface area contributed by atoms with Crippen molar-refractivity contribution in [1.82, 2.24) is 4.31 Å². The van der Waals surface area contributed by atoms with Crippen molar-refractivity contribution in [2.75, 3.05) is 37.4 Å². The van der Waals surface area contributed by atoms with Gasteiger partial charge in [0.05, 0.1) is 29.3 Å². The minimum atomic E-state index is -3.86. The molecule has 0 saturated carbocycles. The van der Waals surface area contributed by atoms with Crippen LogP contribution in [0.4, 0.5) is 11.4 Å². The summed E-state index contributed by atoms with van der Waals surface area (Å²) < 4.78 is 39.0. The smallest absolute Gasteiger partial charge is 0.262 e. The van der Waals surface area contributed by atoms with Crippen LogP contribution in [0.5, 0.6) is 11.5 Å². The molecule has 0 aliphatic carbocycles. The molecule has 2 amide bonds. The molecule has 1 fully saturated rings. The number of anilines is 2. The van der Waals surface area contributed by atoms with Crippen LogP contribution < -0.4 is 20.1 Å². The van der Waals surface area contributed by atoms with Crippen molar-refractivity contribution in [2.24, 2.45) is 5.92 Å². The SMILES string of the molecule is COc1ccc(C)cc1NC(=O)[C@@H]1CCCN(S(=O)(=O)c2cc3c(cc2C)NC(=O)CO3)C1. The lowest BCUT2D eigenvalue weighted by molar-refractivity contribution is -0.121. The highest BCUT2D eigenvalue weighted by atomic mass is 32.2. The molecule has 176 valence electrons. The van der Waals surface area contributed by atoms with Crippen molar-refractivity contribution < 1.29 is 27.5 Å². The summed E-state index contributed by atoms with van der Waals surface area (Å²) in [6.07, 6.45) is 1.16. The standard InChI is InChI=1S/C23H27N3O6S/c1-14-6-7-19(31-3)17(9-14)25-23(28)16-5-4-8-26(12-16)33(29,30)21-11-20-18(10-15(21)2)24-22(27)13-32-20/h6-7,9-11,16H,4-5,8,12-13H2,1-3H3,(H,24,27)(H,25,28)/t16-/m1/s1. The fourth-order valence-corrected chi connectivity index (χ4v) is 5.91. The molecule has 2 aliphatic rings. The monoisotopic (exact) mass is 473 g/mol. The van der Waals surface area contributed by atoms with Gasteiger partial charge in [-0.25, -0.2) is 8.42 Å². The molecule has 9 nitrogen and oxygen atoms in total. The number of piperidine rings is 1. The molecule has 0 radical (unpaired) electrons. The Morgan fingerprint density at radius 1 is 1.24 bits per heavy atom. The van der Waals surface area contributed by atoms with Crippen LogP contribution in [0.1, 0.15) is 24.0 Å². The Hall–Kier alpha value is -3.11. The van der Waals surface area contributed by atoms with Crippen molar-refractivity contribution in [2.45, 2.75) is 31.6 Å². The first-order valence-corrected chi connectivity index (χ1v) is 12.2. The number of hydrogen-bond acceptors (Lipinski definition) is 6. The van der Waals surface area contributed by atoms with E-state index in [0.717, 1.165) is 5.56 Å². The maximum Gasteiger partial charge on any atom is 0.262 e. The van der Waals surface area contributed by atoms with Gasteiger partial charge in [0.25, 0.3) is 5.91 Å². The zero-order valence-electron chi connectivity index (χ0n) is 18.8. The number of nitrogens with zero attached hydrogens (tertiary/aromatic N) is 1. The number of nitrogens with one attached hydrogen (secondary N) is 2. The van der Waals surface area contributed by atoms with E-state index in [1.54, 1.807) is 19.1 Å². The second-order valence-corrected chi connectivity index (χ2v) is 10.3. The third kappa shape index (κ3) is 4.67. The largest absolute Gasteiger partial charge is 0.495 e. The van der Waals surface area contributed by atoms with E-state index in [-0.39, 0.29) is 29.9 Å². The maximum absolute atomic E-state index is 13.5. The van der Waals surface area contributed by atoms with Crippen LogP contribution in [0, 0.1) is 19.8 Å². The number of rotatable bonds is 5. The Balaban J connectivity index is 1.54. The van der Waals surface area contributed by atoms with E-state index >= 15 is 0 Å². The summed E-state index contributed by atoms with van der Waals surface area (Å²) >= 11 is 0. The summed E-state index contributed by atoms with van der Waals surface area (Å²) in [5.74, 6) is -0.158. The molecule has 2 aliphatic heterocycles. The Labute approximate surface area is 193 Å². The van der Waals surface area contributed by atoms with E-state index in [0.29, 0.717) is 47.8 Å². The highest BCUT2D eigenvalue weighted by molar-refractivity contribution is 7.89. The summed E-state index contributed by atoms with van der Waals surface area (Å²) in [5, 5.41) is 5.58. The first-order chi connectivity index (χ1) is 15.7. The predicted molar refractivity (Wildman–Crippen MR) is 123 cm³/mol. The molecule has 2 aromatic carbocycles. The number of aryl methyl sites for hydroxylation is 2. The van der Waals surface area contributed by atoms with Crippen LogP contribution in [0.2, 0.25) is 0 Å². The molecule has 0 unspecified atom stereocenters.